The quantitative estimate of drug-likeness (QED) is 0.391. The van der Waals surface area contributed by atoms with Gasteiger partial charge < -0.3 is 17.0 Å². The van der Waals surface area contributed by atoms with Crippen LogP contribution in [-0.4, -0.2) is 13.6 Å². The summed E-state index contributed by atoms with van der Waals surface area (Å²) < 4.78 is 0. The molecule has 0 amide bonds. The molecule has 1 aliphatic carbocycles. The molecule has 0 aliphatic heterocycles. The molecule has 0 aromatic rings. The Kier molecular flexibility index (Phi) is 20.3. The molecule has 0 saturated heterocycles. The van der Waals surface area contributed by atoms with E-state index in [2.05, 4.69) is 48.2 Å². The molecule has 98 valence electrons. The number of hydrogen-bond acceptors (Lipinski definition) is 2. The number of hydrogen-bond donors (Lipinski definition) is 0. The van der Waals surface area contributed by atoms with E-state index in [9.17, 15) is 0 Å². The molecule has 1 rings (SSSR count). The predicted octanol–water partition coefficient (Wildman–Crippen LogP) is 3.08. The van der Waals surface area contributed by atoms with E-state index in [4.69, 9.17) is 9.59 Å². The Balaban J connectivity index is -0.000000109. The Morgan fingerprint density at radius 3 is 0.688 bits per heavy atom. The molecule has 0 heterocycles. The van der Waals surface area contributed by atoms with Gasteiger partial charge in [0.05, 0.1) is 0 Å². The van der Waals surface area contributed by atoms with Gasteiger partial charge in [-0.3, -0.25) is 13.6 Å². The molecule has 2 nitrogen and oxygen atoms in total. The molecule has 0 aromatic heterocycles. The van der Waals surface area contributed by atoms with Crippen LogP contribution in [0.2, 0.25) is 0 Å². The summed E-state index contributed by atoms with van der Waals surface area (Å²) >= 11 is 0. The van der Waals surface area contributed by atoms with Crippen molar-refractivity contribution in [3.8, 4) is 0 Å². The molecule has 0 bridgehead atoms. The minimum Gasteiger partial charge on any atom is -0.545 e. The molecule has 0 unspecified atom stereocenters. The fourth-order valence-electron chi connectivity index (χ4n) is 2.39. The SMILES string of the molecule is CC1C(C)C(C)C(C)C1C.[CH-]=O.[CH-]=O.[CH3-].[Rh+3]. The van der Waals surface area contributed by atoms with Crippen LogP contribution < -0.4 is 0 Å². The molecule has 0 spiro atoms. The van der Waals surface area contributed by atoms with Crippen molar-refractivity contribution < 1.29 is 29.1 Å². The third-order valence-electron chi connectivity index (χ3n) is 4.15. The first-order valence-electron chi connectivity index (χ1n) is 5.02. The smallest absolute Gasteiger partial charge is 0.545 e. The van der Waals surface area contributed by atoms with E-state index in [1.807, 2.05) is 0 Å². The van der Waals surface area contributed by atoms with Gasteiger partial charge in [0, 0.05) is 0 Å². The van der Waals surface area contributed by atoms with Crippen LogP contribution >= 0.6 is 0 Å². The second kappa shape index (κ2) is 13.0. The van der Waals surface area contributed by atoms with Crippen LogP contribution in [0.25, 0.3) is 0 Å². The molecule has 0 atom stereocenters. The van der Waals surface area contributed by atoms with Gasteiger partial charge in [-0.2, -0.15) is 0 Å². The number of carbonyl (C=O) groups excluding carboxylic acids is 2. The van der Waals surface area contributed by atoms with Gasteiger partial charge in [0.25, 0.3) is 0 Å². The molecular weight excluding hydrogens is 291 g/mol. The summed E-state index contributed by atoms with van der Waals surface area (Å²) in [6.07, 6.45) is 0. The monoisotopic (exact) mass is 316 g/mol. The second-order valence-electron chi connectivity index (χ2n) is 4.30. The Morgan fingerprint density at radius 1 is 0.562 bits per heavy atom. The fourth-order valence-corrected chi connectivity index (χ4v) is 2.39. The van der Waals surface area contributed by atoms with E-state index < -0.39 is 0 Å². The molecule has 0 aromatic carbocycles. The number of rotatable bonds is 0. The maximum absolute atomic E-state index is 7.75. The zero-order valence-corrected chi connectivity index (χ0v) is 12.8. The van der Waals surface area contributed by atoms with Crippen molar-refractivity contribution >= 4 is 13.6 Å². The van der Waals surface area contributed by atoms with Gasteiger partial charge in [-0.15, -0.1) is 0 Å². The predicted molar refractivity (Wildman–Crippen MR) is 65.7 cm³/mol. The Labute approximate surface area is 114 Å². The molecule has 16 heavy (non-hydrogen) atoms. The van der Waals surface area contributed by atoms with Gasteiger partial charge in [-0.1, -0.05) is 34.6 Å². The Bertz CT molecular complexity index is 106. The zero-order valence-electron chi connectivity index (χ0n) is 11.2. The van der Waals surface area contributed by atoms with Crippen molar-refractivity contribution in [1.29, 1.82) is 0 Å². The van der Waals surface area contributed by atoms with E-state index in [-0.39, 0.29) is 26.9 Å². The third-order valence-corrected chi connectivity index (χ3v) is 4.15. The third kappa shape index (κ3) is 5.89. The topological polar surface area (TPSA) is 34.1 Å². The molecule has 1 aliphatic rings. The van der Waals surface area contributed by atoms with Crippen molar-refractivity contribution in [2.75, 3.05) is 0 Å². The van der Waals surface area contributed by atoms with Crippen LogP contribution in [0.15, 0.2) is 0 Å². The summed E-state index contributed by atoms with van der Waals surface area (Å²) in [7, 11) is 0. The average Bonchev–Trinajstić information content (AvgIpc) is 2.42. The van der Waals surface area contributed by atoms with Crippen LogP contribution in [0.1, 0.15) is 34.6 Å². The summed E-state index contributed by atoms with van der Waals surface area (Å²) in [6.45, 7) is 18.5. The first-order valence-corrected chi connectivity index (χ1v) is 5.02. The Morgan fingerprint density at radius 2 is 0.625 bits per heavy atom. The van der Waals surface area contributed by atoms with Crippen LogP contribution in [0.4, 0.5) is 0 Å². The van der Waals surface area contributed by atoms with Gasteiger partial charge in [0.2, 0.25) is 0 Å². The van der Waals surface area contributed by atoms with Crippen molar-refractivity contribution in [2.24, 2.45) is 29.6 Å². The van der Waals surface area contributed by atoms with E-state index in [0.717, 1.165) is 29.6 Å². The van der Waals surface area contributed by atoms with Crippen LogP contribution in [-0.2, 0) is 29.1 Å². The molecular formula is C13H25O2Rh. The van der Waals surface area contributed by atoms with Crippen LogP contribution in [0, 0.1) is 37.0 Å². The first kappa shape index (κ1) is 25.0. The zero-order chi connectivity index (χ0) is 11.9. The minimum absolute atomic E-state index is 0. The summed E-state index contributed by atoms with van der Waals surface area (Å²) in [4.78, 5) is 15.5. The van der Waals surface area contributed by atoms with Crippen molar-refractivity contribution in [3.05, 3.63) is 7.43 Å². The molecule has 1 saturated carbocycles. The second-order valence-corrected chi connectivity index (χ2v) is 4.30. The average molecular weight is 316 g/mol. The van der Waals surface area contributed by atoms with E-state index in [1.165, 1.54) is 0 Å². The molecule has 1 fully saturated rings. The summed E-state index contributed by atoms with van der Waals surface area (Å²) in [5, 5.41) is 0. The van der Waals surface area contributed by atoms with Gasteiger partial charge in [-0.05, 0) is 29.6 Å². The fraction of sp³-hybridized carbons (Fsp3) is 0.769. The molecule has 0 N–H and O–H groups in total. The van der Waals surface area contributed by atoms with Gasteiger partial charge in [0.15, 0.2) is 0 Å². The van der Waals surface area contributed by atoms with E-state index >= 15 is 0 Å². The van der Waals surface area contributed by atoms with Crippen molar-refractivity contribution in [2.45, 2.75) is 34.6 Å². The Hall–Kier alpha value is -0.0366. The van der Waals surface area contributed by atoms with Gasteiger partial charge in [0.1, 0.15) is 0 Å². The van der Waals surface area contributed by atoms with Crippen molar-refractivity contribution in [1.82, 2.24) is 0 Å². The minimum atomic E-state index is 0. The van der Waals surface area contributed by atoms with Crippen LogP contribution in [0.3, 0.4) is 0 Å². The van der Waals surface area contributed by atoms with Gasteiger partial charge >= 0.3 is 19.5 Å². The maximum Gasteiger partial charge on any atom is 3.00 e. The van der Waals surface area contributed by atoms with E-state index in [1.54, 1.807) is 0 Å². The normalized spacial score (nSPS) is 35.2. The van der Waals surface area contributed by atoms with E-state index in [0.29, 0.717) is 0 Å². The molecule has 0 radical (unpaired) electrons. The maximum atomic E-state index is 7.75. The summed E-state index contributed by atoms with van der Waals surface area (Å²) in [5.74, 6) is 4.68. The van der Waals surface area contributed by atoms with Gasteiger partial charge in [-0.25, -0.2) is 0 Å². The summed E-state index contributed by atoms with van der Waals surface area (Å²) in [5.41, 5.74) is 0. The summed E-state index contributed by atoms with van der Waals surface area (Å²) in [6, 6.07) is 0. The standard InChI is InChI=1S/C10H20.2CHO.CH3.Rh/c1-6-7(2)9(4)10(5)8(6)3;2*1-2;;/h6-10H,1-5H3;2*1H;1H3;/q;3*-1;+3. The first-order chi connectivity index (χ1) is 6.55. The van der Waals surface area contributed by atoms with Crippen molar-refractivity contribution in [3.63, 3.8) is 0 Å². The largest absolute Gasteiger partial charge is 3.00 e. The van der Waals surface area contributed by atoms with Crippen LogP contribution in [0.5, 0.6) is 0 Å². The molecule has 3 heteroatoms.